The van der Waals surface area contributed by atoms with Crippen molar-refractivity contribution in [3.05, 3.63) is 90.5 Å². The quantitative estimate of drug-likeness (QED) is 0.405. The van der Waals surface area contributed by atoms with Crippen molar-refractivity contribution in [3.8, 4) is 28.8 Å². The first kappa shape index (κ1) is 20.3. The van der Waals surface area contributed by atoms with Crippen molar-refractivity contribution in [2.24, 2.45) is 0 Å². The summed E-state index contributed by atoms with van der Waals surface area (Å²) >= 11 is 0. The highest BCUT2D eigenvalue weighted by Crippen LogP contribution is 2.32. The van der Waals surface area contributed by atoms with E-state index in [4.69, 9.17) is 9.72 Å². The normalized spacial score (nSPS) is 10.8. The predicted octanol–water partition coefficient (Wildman–Crippen LogP) is 5.26. The molecule has 0 aliphatic heterocycles. The maximum Gasteiger partial charge on any atom is 0.162 e. The van der Waals surface area contributed by atoms with Crippen LogP contribution in [0.25, 0.3) is 22.6 Å². The summed E-state index contributed by atoms with van der Waals surface area (Å²) in [6.07, 6.45) is 5.45. The van der Waals surface area contributed by atoms with Crippen LogP contribution < -0.4 is 10.1 Å². The first-order valence-corrected chi connectivity index (χ1v) is 10.2. The standard InChI is InChI=1S/C25H19FN6O/c1-16-14-31(15-28-16)21-10-9-19(12-23(21)33-2)29-20-4-3-11-32-22(13-27)24(30-25(20)32)17-5-7-18(26)8-6-17/h3-12,14-15,29H,1-2H3. The molecule has 0 spiro atoms. The van der Waals surface area contributed by atoms with Gasteiger partial charge in [-0.05, 0) is 55.5 Å². The van der Waals surface area contributed by atoms with Gasteiger partial charge in [-0.25, -0.2) is 14.4 Å². The highest BCUT2D eigenvalue weighted by molar-refractivity contribution is 5.80. The summed E-state index contributed by atoms with van der Waals surface area (Å²) < 4.78 is 22.6. The van der Waals surface area contributed by atoms with E-state index in [-0.39, 0.29) is 5.82 Å². The van der Waals surface area contributed by atoms with Crippen molar-refractivity contribution in [2.45, 2.75) is 6.92 Å². The lowest BCUT2D eigenvalue weighted by atomic mass is 10.1. The number of nitrogens with one attached hydrogen (secondary N) is 1. The second-order valence-corrected chi connectivity index (χ2v) is 7.48. The third kappa shape index (κ3) is 3.66. The number of aryl methyl sites for hydroxylation is 1. The number of ether oxygens (including phenoxy) is 1. The Morgan fingerprint density at radius 2 is 1.94 bits per heavy atom. The number of imidazole rings is 2. The molecule has 5 aromatic rings. The van der Waals surface area contributed by atoms with Gasteiger partial charge in [0.1, 0.15) is 23.3 Å². The van der Waals surface area contributed by atoms with Gasteiger partial charge >= 0.3 is 0 Å². The lowest BCUT2D eigenvalue weighted by molar-refractivity contribution is 0.413. The minimum Gasteiger partial charge on any atom is -0.494 e. The lowest BCUT2D eigenvalue weighted by Crippen LogP contribution is -1.99. The molecule has 3 aromatic heterocycles. The molecular formula is C25H19FN6O. The molecule has 7 nitrogen and oxygen atoms in total. The van der Waals surface area contributed by atoms with Gasteiger partial charge in [0.25, 0.3) is 0 Å². The number of nitriles is 1. The third-order valence-corrected chi connectivity index (χ3v) is 5.32. The van der Waals surface area contributed by atoms with Crippen LogP contribution in [0.5, 0.6) is 5.75 Å². The van der Waals surface area contributed by atoms with Crippen LogP contribution in [0.1, 0.15) is 11.4 Å². The molecule has 0 atom stereocenters. The molecule has 5 rings (SSSR count). The van der Waals surface area contributed by atoms with Crippen LogP contribution >= 0.6 is 0 Å². The SMILES string of the molecule is COc1cc(Nc2cccn3c(C#N)c(-c4ccc(F)cc4)nc23)ccc1-n1cnc(C)c1. The molecule has 33 heavy (non-hydrogen) atoms. The molecule has 0 aliphatic rings. The van der Waals surface area contributed by atoms with Crippen LogP contribution in [0.3, 0.4) is 0 Å². The molecule has 0 radical (unpaired) electrons. The Hall–Kier alpha value is -4.64. The van der Waals surface area contributed by atoms with E-state index in [9.17, 15) is 9.65 Å². The molecule has 1 N–H and O–H groups in total. The summed E-state index contributed by atoms with van der Waals surface area (Å²) in [4.78, 5) is 8.98. The highest BCUT2D eigenvalue weighted by Gasteiger charge is 2.17. The minimum atomic E-state index is -0.341. The number of hydrogen-bond donors (Lipinski definition) is 1. The number of anilines is 2. The molecular weight excluding hydrogens is 419 g/mol. The van der Waals surface area contributed by atoms with Crippen LogP contribution in [0.2, 0.25) is 0 Å². The van der Waals surface area contributed by atoms with Gasteiger partial charge in [-0.2, -0.15) is 5.26 Å². The Labute approximate surface area is 189 Å². The lowest BCUT2D eigenvalue weighted by Gasteiger charge is -2.13. The fourth-order valence-electron chi connectivity index (χ4n) is 3.76. The molecule has 0 fully saturated rings. The van der Waals surface area contributed by atoms with E-state index in [1.165, 1.54) is 12.1 Å². The maximum atomic E-state index is 13.4. The highest BCUT2D eigenvalue weighted by atomic mass is 19.1. The van der Waals surface area contributed by atoms with Crippen LogP contribution in [0, 0.1) is 24.1 Å². The van der Waals surface area contributed by atoms with Crippen molar-refractivity contribution in [3.63, 3.8) is 0 Å². The van der Waals surface area contributed by atoms with Crippen LogP contribution in [0.4, 0.5) is 15.8 Å². The van der Waals surface area contributed by atoms with E-state index in [2.05, 4.69) is 16.4 Å². The molecule has 0 aliphatic carbocycles. The first-order chi connectivity index (χ1) is 16.1. The zero-order valence-corrected chi connectivity index (χ0v) is 18.0. The van der Waals surface area contributed by atoms with Crippen LogP contribution in [-0.4, -0.2) is 26.0 Å². The summed E-state index contributed by atoms with van der Waals surface area (Å²) in [6, 6.07) is 17.7. The smallest absolute Gasteiger partial charge is 0.162 e. The van der Waals surface area contributed by atoms with Crippen molar-refractivity contribution in [1.82, 2.24) is 18.9 Å². The molecule has 0 saturated heterocycles. The van der Waals surface area contributed by atoms with Gasteiger partial charge in [-0.15, -0.1) is 0 Å². The molecule has 0 amide bonds. The molecule has 0 saturated carbocycles. The monoisotopic (exact) mass is 438 g/mol. The first-order valence-electron chi connectivity index (χ1n) is 10.2. The number of rotatable bonds is 5. The molecule has 162 valence electrons. The Morgan fingerprint density at radius 1 is 1.12 bits per heavy atom. The zero-order valence-electron chi connectivity index (χ0n) is 18.0. The van der Waals surface area contributed by atoms with Gasteiger partial charge in [-0.3, -0.25) is 4.40 Å². The van der Waals surface area contributed by atoms with Gasteiger partial charge in [0.05, 0.1) is 30.5 Å². The number of pyridine rings is 1. The fourth-order valence-corrected chi connectivity index (χ4v) is 3.76. The minimum absolute atomic E-state index is 0.341. The Balaban J connectivity index is 1.56. The van der Waals surface area contributed by atoms with E-state index >= 15 is 0 Å². The van der Waals surface area contributed by atoms with E-state index in [1.54, 1.807) is 36.2 Å². The summed E-state index contributed by atoms with van der Waals surface area (Å²) in [5, 5.41) is 13.2. The van der Waals surface area contributed by atoms with Crippen LogP contribution in [0.15, 0.2) is 73.3 Å². The number of nitrogens with zero attached hydrogens (tertiary/aromatic N) is 5. The fraction of sp³-hybridized carbons (Fsp3) is 0.0800. The summed E-state index contributed by atoms with van der Waals surface area (Å²) in [5.74, 6) is 0.337. The van der Waals surface area contributed by atoms with Crippen molar-refractivity contribution in [2.75, 3.05) is 12.4 Å². The number of hydrogen-bond acceptors (Lipinski definition) is 5. The largest absolute Gasteiger partial charge is 0.494 e. The maximum absolute atomic E-state index is 13.4. The van der Waals surface area contributed by atoms with Gasteiger partial charge in [0, 0.05) is 29.7 Å². The van der Waals surface area contributed by atoms with E-state index < -0.39 is 0 Å². The average molecular weight is 438 g/mol. The molecule has 0 bridgehead atoms. The summed E-state index contributed by atoms with van der Waals surface area (Å²) in [7, 11) is 1.62. The molecule has 3 heterocycles. The van der Waals surface area contributed by atoms with Crippen molar-refractivity contribution < 1.29 is 9.13 Å². The zero-order chi connectivity index (χ0) is 22.9. The van der Waals surface area contributed by atoms with Gasteiger partial charge in [0.15, 0.2) is 11.3 Å². The molecule has 8 heteroatoms. The summed E-state index contributed by atoms with van der Waals surface area (Å²) in [5.41, 5.74) is 5.43. The second-order valence-electron chi connectivity index (χ2n) is 7.48. The Kier molecular flexibility index (Phi) is 4.99. The van der Waals surface area contributed by atoms with Gasteiger partial charge < -0.3 is 14.6 Å². The van der Waals surface area contributed by atoms with Crippen molar-refractivity contribution >= 4 is 17.0 Å². The predicted molar refractivity (Wildman–Crippen MR) is 123 cm³/mol. The van der Waals surface area contributed by atoms with E-state index in [1.807, 2.05) is 48.0 Å². The number of benzene rings is 2. The number of aromatic nitrogens is 4. The Bertz CT molecular complexity index is 1510. The van der Waals surface area contributed by atoms with Crippen molar-refractivity contribution in [1.29, 1.82) is 5.26 Å². The average Bonchev–Trinajstić information content (AvgIpc) is 3.43. The van der Waals surface area contributed by atoms with Crippen LogP contribution in [-0.2, 0) is 0 Å². The number of methoxy groups -OCH3 is 1. The number of fused-ring (bicyclic) bond motifs is 1. The third-order valence-electron chi connectivity index (χ3n) is 5.32. The van der Waals surface area contributed by atoms with Gasteiger partial charge in [-0.1, -0.05) is 0 Å². The molecule has 0 unspecified atom stereocenters. The van der Waals surface area contributed by atoms with Gasteiger partial charge in [0.2, 0.25) is 0 Å². The molecule has 2 aromatic carbocycles. The second kappa shape index (κ2) is 8.13. The number of halogens is 1. The van der Waals surface area contributed by atoms with E-state index in [0.717, 1.165) is 22.8 Å². The summed E-state index contributed by atoms with van der Waals surface area (Å²) in [6.45, 7) is 1.93. The van der Waals surface area contributed by atoms with E-state index in [0.29, 0.717) is 28.3 Å². The Morgan fingerprint density at radius 3 is 2.64 bits per heavy atom. The topological polar surface area (TPSA) is 80.2 Å².